The summed E-state index contributed by atoms with van der Waals surface area (Å²) in [6.07, 6.45) is 0.747. The van der Waals surface area contributed by atoms with Gasteiger partial charge in [-0.1, -0.05) is 30.0 Å². The van der Waals surface area contributed by atoms with E-state index in [9.17, 15) is 9.59 Å². The van der Waals surface area contributed by atoms with E-state index in [1.54, 1.807) is 35.1 Å². The molecule has 0 unspecified atom stereocenters. The van der Waals surface area contributed by atoms with Gasteiger partial charge in [0, 0.05) is 11.4 Å². The van der Waals surface area contributed by atoms with Crippen molar-refractivity contribution < 1.29 is 9.53 Å². The Labute approximate surface area is 185 Å². The lowest BCUT2D eigenvalue weighted by molar-refractivity contribution is -0.113. The third-order valence-electron chi connectivity index (χ3n) is 4.41. The maximum absolute atomic E-state index is 13.0. The van der Waals surface area contributed by atoms with E-state index < -0.39 is 0 Å². The van der Waals surface area contributed by atoms with Crippen molar-refractivity contribution >= 4 is 56.2 Å². The summed E-state index contributed by atoms with van der Waals surface area (Å²) in [5.74, 6) is 0.551. The molecule has 4 rings (SSSR count). The van der Waals surface area contributed by atoms with E-state index >= 15 is 0 Å². The second-order valence-electron chi connectivity index (χ2n) is 6.35. The van der Waals surface area contributed by atoms with Crippen LogP contribution in [0.2, 0.25) is 0 Å². The van der Waals surface area contributed by atoms with Crippen LogP contribution in [-0.2, 0) is 17.8 Å². The third-order valence-corrected chi connectivity index (χ3v) is 7.21. The Morgan fingerprint density at radius 2 is 2.03 bits per heavy atom. The summed E-state index contributed by atoms with van der Waals surface area (Å²) < 4.78 is 7.60. The number of carbonyl (C=O) groups excluding carboxylic acids is 1. The topological polar surface area (TPSA) is 73.2 Å². The number of aryl methyl sites for hydroxylation is 1. The standard InChI is InChI=1S/C21H19N3O3S3/c1-27-17-7-3-2-6-15(17)22-18(25)13-30-21-23-16-9-12-29-19(16)20(26)24(21)10-8-14-5-4-11-28-14/h2-7,9,11-12H,8,10,13H2,1H3,(H,22,25). The number of aromatic nitrogens is 2. The molecule has 0 spiro atoms. The van der Waals surface area contributed by atoms with Crippen LogP contribution in [0.25, 0.3) is 10.2 Å². The van der Waals surface area contributed by atoms with Crippen molar-refractivity contribution in [3.05, 3.63) is 68.5 Å². The zero-order valence-corrected chi connectivity index (χ0v) is 18.6. The van der Waals surface area contributed by atoms with Crippen molar-refractivity contribution in [1.29, 1.82) is 0 Å². The Morgan fingerprint density at radius 1 is 1.17 bits per heavy atom. The fourth-order valence-corrected chi connectivity index (χ4v) is 5.27. The maximum Gasteiger partial charge on any atom is 0.272 e. The Kier molecular flexibility index (Phi) is 6.51. The van der Waals surface area contributed by atoms with E-state index in [0.717, 1.165) is 6.42 Å². The minimum Gasteiger partial charge on any atom is -0.495 e. The zero-order valence-electron chi connectivity index (χ0n) is 16.2. The van der Waals surface area contributed by atoms with Crippen molar-refractivity contribution in [2.45, 2.75) is 18.1 Å². The lowest BCUT2D eigenvalue weighted by Gasteiger charge is -2.12. The molecule has 0 aliphatic carbocycles. The molecule has 0 aliphatic heterocycles. The summed E-state index contributed by atoms with van der Waals surface area (Å²) in [5.41, 5.74) is 1.23. The van der Waals surface area contributed by atoms with Crippen LogP contribution in [0.3, 0.4) is 0 Å². The van der Waals surface area contributed by atoms with Crippen LogP contribution < -0.4 is 15.6 Å². The number of thioether (sulfide) groups is 1. The molecule has 0 fully saturated rings. The van der Waals surface area contributed by atoms with Gasteiger partial charge in [-0.15, -0.1) is 22.7 Å². The molecule has 3 aromatic heterocycles. The summed E-state index contributed by atoms with van der Waals surface area (Å²) in [6.45, 7) is 0.524. The molecule has 0 saturated heterocycles. The van der Waals surface area contributed by atoms with Gasteiger partial charge in [-0.25, -0.2) is 4.98 Å². The van der Waals surface area contributed by atoms with Gasteiger partial charge in [-0.3, -0.25) is 14.2 Å². The van der Waals surface area contributed by atoms with Gasteiger partial charge in [0.15, 0.2) is 5.16 Å². The number of carbonyl (C=O) groups is 1. The summed E-state index contributed by atoms with van der Waals surface area (Å²) >= 11 is 4.33. The van der Waals surface area contributed by atoms with Crippen LogP contribution in [0.4, 0.5) is 5.69 Å². The van der Waals surface area contributed by atoms with Crippen molar-refractivity contribution in [3.63, 3.8) is 0 Å². The first kappa shape index (κ1) is 20.6. The van der Waals surface area contributed by atoms with Crippen molar-refractivity contribution in [2.75, 3.05) is 18.2 Å². The first-order valence-corrected chi connectivity index (χ1v) is 12.0. The molecule has 1 N–H and O–H groups in total. The average molecular weight is 458 g/mol. The Balaban J connectivity index is 1.53. The van der Waals surface area contributed by atoms with Crippen molar-refractivity contribution in [2.24, 2.45) is 0 Å². The molecule has 0 atom stereocenters. The Morgan fingerprint density at radius 3 is 2.83 bits per heavy atom. The second-order valence-corrected chi connectivity index (χ2v) is 9.24. The van der Waals surface area contributed by atoms with Crippen LogP contribution in [0.1, 0.15) is 4.88 Å². The van der Waals surface area contributed by atoms with Gasteiger partial charge in [0.2, 0.25) is 5.91 Å². The fourth-order valence-electron chi connectivity index (χ4n) is 2.97. The SMILES string of the molecule is COc1ccccc1NC(=O)CSc1nc2ccsc2c(=O)n1CCc1cccs1. The summed E-state index contributed by atoms with van der Waals surface area (Å²) in [5, 5.41) is 7.30. The monoisotopic (exact) mass is 457 g/mol. The highest BCUT2D eigenvalue weighted by Gasteiger charge is 2.15. The number of methoxy groups -OCH3 is 1. The van der Waals surface area contributed by atoms with E-state index in [0.29, 0.717) is 33.4 Å². The first-order valence-electron chi connectivity index (χ1n) is 9.22. The maximum atomic E-state index is 13.0. The largest absolute Gasteiger partial charge is 0.495 e. The van der Waals surface area contributed by atoms with E-state index in [2.05, 4.69) is 16.4 Å². The number of nitrogens with zero attached hydrogens (tertiary/aromatic N) is 2. The van der Waals surface area contributed by atoms with E-state index in [4.69, 9.17) is 4.74 Å². The van der Waals surface area contributed by atoms with Crippen LogP contribution in [0, 0.1) is 0 Å². The second kappa shape index (κ2) is 9.46. The molecule has 30 heavy (non-hydrogen) atoms. The average Bonchev–Trinajstić information content (AvgIpc) is 3.44. The van der Waals surface area contributed by atoms with E-state index in [1.165, 1.54) is 28.0 Å². The van der Waals surface area contributed by atoms with Gasteiger partial charge in [0.25, 0.3) is 5.56 Å². The normalized spacial score (nSPS) is 11.0. The van der Waals surface area contributed by atoms with Gasteiger partial charge in [-0.2, -0.15) is 0 Å². The molecule has 0 aliphatic rings. The molecular formula is C21H19N3O3S3. The van der Waals surface area contributed by atoms with Gasteiger partial charge in [0.05, 0.1) is 24.1 Å². The lowest BCUT2D eigenvalue weighted by Crippen LogP contribution is -2.24. The predicted molar refractivity (Wildman–Crippen MR) is 124 cm³/mol. The number of fused-ring (bicyclic) bond motifs is 1. The number of rotatable bonds is 8. The molecule has 6 nitrogen and oxygen atoms in total. The van der Waals surface area contributed by atoms with Crippen LogP contribution in [-0.4, -0.2) is 28.3 Å². The number of para-hydroxylation sites is 2. The molecule has 1 amide bonds. The first-order chi connectivity index (χ1) is 14.7. The van der Waals surface area contributed by atoms with Gasteiger partial charge >= 0.3 is 0 Å². The molecule has 0 radical (unpaired) electrons. The Bertz CT molecular complexity index is 1220. The molecule has 154 valence electrons. The molecule has 1 aromatic carbocycles. The Hall–Kier alpha value is -2.62. The van der Waals surface area contributed by atoms with Crippen LogP contribution in [0.15, 0.2) is 63.2 Å². The van der Waals surface area contributed by atoms with Crippen LogP contribution in [0.5, 0.6) is 5.75 Å². The third kappa shape index (κ3) is 4.58. The highest BCUT2D eigenvalue weighted by Crippen LogP contribution is 2.25. The minimum atomic E-state index is -0.186. The number of hydrogen-bond acceptors (Lipinski definition) is 7. The fraction of sp³-hybridized carbons (Fsp3) is 0.190. The summed E-state index contributed by atoms with van der Waals surface area (Å²) in [6, 6.07) is 13.1. The predicted octanol–water partition coefficient (Wildman–Crippen LogP) is 4.50. The smallest absolute Gasteiger partial charge is 0.272 e. The molecule has 0 bridgehead atoms. The van der Waals surface area contributed by atoms with E-state index in [-0.39, 0.29) is 17.2 Å². The number of hydrogen-bond donors (Lipinski definition) is 1. The number of amides is 1. The molecule has 0 saturated carbocycles. The zero-order chi connectivity index (χ0) is 20.9. The molecule has 4 aromatic rings. The minimum absolute atomic E-state index is 0.0563. The summed E-state index contributed by atoms with van der Waals surface area (Å²) in [7, 11) is 1.56. The van der Waals surface area contributed by atoms with Gasteiger partial charge in [-0.05, 0) is 41.4 Å². The molecule has 9 heteroatoms. The highest BCUT2D eigenvalue weighted by molar-refractivity contribution is 7.99. The lowest BCUT2D eigenvalue weighted by atomic mass is 10.3. The summed E-state index contributed by atoms with van der Waals surface area (Å²) in [4.78, 5) is 31.4. The van der Waals surface area contributed by atoms with Gasteiger partial charge in [0.1, 0.15) is 10.4 Å². The van der Waals surface area contributed by atoms with Gasteiger partial charge < -0.3 is 10.1 Å². The number of benzene rings is 1. The molecular weight excluding hydrogens is 438 g/mol. The van der Waals surface area contributed by atoms with Crippen molar-refractivity contribution in [3.8, 4) is 5.75 Å². The number of thiophene rings is 2. The molecule has 3 heterocycles. The van der Waals surface area contributed by atoms with E-state index in [1.807, 2.05) is 35.0 Å². The number of anilines is 1. The quantitative estimate of drug-likeness (QED) is 0.311. The number of nitrogens with one attached hydrogen (secondary N) is 1. The van der Waals surface area contributed by atoms with Crippen molar-refractivity contribution in [1.82, 2.24) is 9.55 Å². The van der Waals surface area contributed by atoms with Crippen LogP contribution >= 0.6 is 34.4 Å². The number of ether oxygens (including phenoxy) is 1. The highest BCUT2D eigenvalue weighted by atomic mass is 32.2.